The first-order valence-electron chi connectivity index (χ1n) is 39.7. The van der Waals surface area contributed by atoms with Gasteiger partial charge in [-0.25, -0.2) is 0 Å². The molecule has 32 heteroatoms. The van der Waals surface area contributed by atoms with Crippen LogP contribution in [0.15, 0.2) is 0 Å². The van der Waals surface area contributed by atoms with Crippen LogP contribution in [0.5, 0.6) is 0 Å². The van der Waals surface area contributed by atoms with E-state index in [0.717, 1.165) is 148 Å². The second kappa shape index (κ2) is 36.7. The number of hydrogen-bond acceptors (Lipinski definition) is 24. The first-order chi connectivity index (χ1) is 48.6. The molecule has 8 aliphatic carbocycles. The zero-order valence-corrected chi connectivity index (χ0v) is 83.8. The summed E-state index contributed by atoms with van der Waals surface area (Å²) in [5, 5.41) is 0. The van der Waals surface area contributed by atoms with Crippen LogP contribution in [0, 0.1) is 51.2 Å². The lowest BCUT2D eigenvalue weighted by Crippen LogP contribution is -2.82. The van der Waals surface area contributed by atoms with E-state index >= 15 is 0 Å². The molecule has 8 bridgehead atoms. The standard InChI is InChI=1S/C70H142O12S16Si4/c1-20-56(18)38-37-43-61(19,95(87,91-83)66(52-57-39-44-62(66,21-2)48-57)99(71-25-6,72-26-7)73-27-8)70(96(88,92-84)67(53-58-40-45-63(67,22-3)49-58)100(74-28-9,75-29-10)76-30-11,97(89,93-85)68(54-59-41-46-64(68,23-4)50-59)101(77-31-12,78-32-13)79-33-14)98(90,94-86)69(55-60-42-47-65(69,24-5)51-60)102(80-34-15,81-35-16)82-36-17/h56-60,83-90H,20-55H2,1-19H3. The molecule has 0 aromatic rings. The highest BCUT2D eigenvalue weighted by molar-refractivity contribution is 9.49. The Morgan fingerprint density at radius 1 is 0.353 bits per heavy atom. The number of fused-ring (bicyclic) bond motifs is 8. The van der Waals surface area contributed by atoms with Crippen molar-refractivity contribution in [3.63, 3.8) is 0 Å². The summed E-state index contributed by atoms with van der Waals surface area (Å²) in [6.07, 6.45) is 21.6. The van der Waals surface area contributed by atoms with Gasteiger partial charge in [-0.1, -0.05) is 85.1 Å². The molecule has 8 aliphatic rings. The maximum absolute atomic E-state index is 8.18. The van der Waals surface area contributed by atoms with Gasteiger partial charge in [0.1, 0.15) is 3.41 Å². The third kappa shape index (κ3) is 12.6. The summed E-state index contributed by atoms with van der Waals surface area (Å²) < 4.78 is 90.9. The summed E-state index contributed by atoms with van der Waals surface area (Å²) in [6, 6.07) is 0. The van der Waals surface area contributed by atoms with Crippen LogP contribution in [0.2, 0.25) is 0 Å². The molecule has 0 N–H and O–H groups in total. The van der Waals surface area contributed by atoms with Gasteiger partial charge in [-0.15, -0.1) is 101 Å². The van der Waals surface area contributed by atoms with Crippen molar-refractivity contribution in [2.75, 3.05) is 79.3 Å². The quantitative estimate of drug-likeness (QED) is 0.0168. The fourth-order valence-corrected chi connectivity index (χ4v) is 129. The molecule has 0 aromatic carbocycles. The van der Waals surface area contributed by atoms with E-state index in [9.17, 15) is 0 Å². The van der Waals surface area contributed by atoms with Crippen molar-refractivity contribution in [2.24, 2.45) is 51.2 Å². The molecule has 102 heavy (non-hydrogen) atoms. The summed E-state index contributed by atoms with van der Waals surface area (Å²) in [5.74, 6) is 1.49. The van der Waals surface area contributed by atoms with Crippen molar-refractivity contribution < 1.29 is 53.1 Å². The fraction of sp³-hybridized carbons (Fsp3) is 1.00. The summed E-state index contributed by atoms with van der Waals surface area (Å²) in [4.78, 5) is 0. The first-order valence-corrected chi connectivity index (χ1v) is 66.9. The number of rotatable bonds is 50. The normalized spacial score (nSPS) is 37.4. The molecule has 0 radical (unpaired) electrons. The van der Waals surface area contributed by atoms with Gasteiger partial charge in [0.2, 0.25) is 0 Å². The van der Waals surface area contributed by atoms with Crippen LogP contribution in [-0.4, -0.2) is 140 Å². The molecular formula is C70H142O12S16Si4. The predicted molar refractivity (Wildman–Crippen MR) is 489 cm³/mol. The molecule has 12 nitrogen and oxygen atoms in total. The van der Waals surface area contributed by atoms with Crippen molar-refractivity contribution in [2.45, 2.75) is 311 Å². The van der Waals surface area contributed by atoms with Gasteiger partial charge in [0.25, 0.3) is 0 Å². The average molecular weight is 1800 g/mol. The van der Waals surface area contributed by atoms with E-state index in [2.05, 4.69) is 132 Å². The van der Waals surface area contributed by atoms with E-state index in [-0.39, 0.29) is 17.8 Å². The maximum Gasteiger partial charge on any atom is 0.518 e. The monoisotopic (exact) mass is 1800 g/mol. The van der Waals surface area contributed by atoms with Gasteiger partial charge in [-0.2, -0.15) is 0 Å². The first kappa shape index (κ1) is 93.5. The third-order valence-corrected chi connectivity index (χ3v) is 106. The van der Waals surface area contributed by atoms with Crippen LogP contribution >= 0.6 is 165 Å². The lowest BCUT2D eigenvalue weighted by Gasteiger charge is -2.87. The largest absolute Gasteiger partial charge is 0.518 e. The summed E-state index contributed by atoms with van der Waals surface area (Å²) in [5.41, 5.74) is -1.91. The molecule has 8 fully saturated rings. The second-order valence-corrected chi connectivity index (χ2v) is 77.7. The Bertz CT molecular complexity index is 2470. The van der Waals surface area contributed by atoms with E-state index in [1.165, 1.54) is 0 Å². The summed E-state index contributed by atoms with van der Waals surface area (Å²) >= 11 is 56.7. The zero-order valence-electron chi connectivity index (χ0n) is 66.1. The van der Waals surface area contributed by atoms with E-state index in [1.807, 2.05) is 0 Å². The van der Waals surface area contributed by atoms with Crippen LogP contribution in [0.4, 0.5) is 0 Å². The summed E-state index contributed by atoms with van der Waals surface area (Å²) in [7, 11) is -23.9. The maximum atomic E-state index is 8.18. The SMILES string of the molecule is CCO[Si](OCC)(OCC)C1(S(S)(SS)C(C)(CCCC(C)CC)C(S(S)(SS)C2([Si](OCC)(OCC)OCC)CC3CCC2(CC)C3)(S(S)(SS)C2([Si](OCC)(OCC)OCC)CC3CCC2(CC)C3)S(S)(SS)C2([Si](OCC)(OCC)OCC)CC3CCC2(CC)C3)CC2CCC1(CC)C2. The highest BCUT2D eigenvalue weighted by Crippen LogP contribution is 3.17. The molecule has 8 saturated carbocycles. The minimum absolute atomic E-state index is 0.263. The van der Waals surface area contributed by atoms with Crippen molar-refractivity contribution in [3.8, 4) is 0 Å². The molecule has 0 spiro atoms. The molecule has 0 saturated heterocycles. The van der Waals surface area contributed by atoms with Gasteiger partial charge in [0, 0.05) is 84.0 Å². The van der Waals surface area contributed by atoms with Gasteiger partial charge in [-0.05, 0) is 315 Å². The topological polar surface area (TPSA) is 111 Å². The molecule has 8 rings (SSSR count). The van der Waals surface area contributed by atoms with Crippen LogP contribution in [-0.2, 0) is 53.1 Å². The smallest absolute Gasteiger partial charge is 0.373 e. The Morgan fingerprint density at radius 2 is 0.559 bits per heavy atom. The van der Waals surface area contributed by atoms with Gasteiger partial charge < -0.3 is 53.1 Å². The van der Waals surface area contributed by atoms with Crippen molar-refractivity contribution in [3.05, 3.63) is 0 Å². The second-order valence-electron chi connectivity index (χ2n) is 31.1. The van der Waals surface area contributed by atoms with Gasteiger partial charge >= 0.3 is 35.2 Å². The lowest BCUT2D eigenvalue weighted by atomic mass is 9.80. The molecule has 0 aliphatic heterocycles. The van der Waals surface area contributed by atoms with Gasteiger partial charge in [-0.3, -0.25) is 0 Å². The van der Waals surface area contributed by atoms with Crippen molar-refractivity contribution in [1.29, 1.82) is 0 Å². The Labute approximate surface area is 687 Å². The highest BCUT2D eigenvalue weighted by atomic mass is 33.8. The van der Waals surface area contributed by atoms with Gasteiger partial charge in [0.15, 0.2) is 0 Å². The van der Waals surface area contributed by atoms with Crippen LogP contribution in [0.25, 0.3) is 0 Å². The minimum Gasteiger partial charge on any atom is -0.373 e. The van der Waals surface area contributed by atoms with E-state index < -0.39 is 115 Å². The molecule has 606 valence electrons. The van der Waals surface area contributed by atoms with E-state index in [0.29, 0.717) is 97.5 Å². The van der Waals surface area contributed by atoms with Crippen molar-refractivity contribution >= 4 is 200 Å². The minimum atomic E-state index is -4.36. The third-order valence-electron chi connectivity index (χ3n) is 28.0. The molecule has 0 aromatic heterocycles. The predicted octanol–water partition coefficient (Wildman–Crippen LogP) is 24.9. The number of thiol groups is 8. The molecule has 18 atom stereocenters. The van der Waals surface area contributed by atoms with E-state index in [1.54, 1.807) is 39.3 Å². The Kier molecular flexibility index (Phi) is 33.6. The van der Waals surface area contributed by atoms with Crippen LogP contribution in [0.1, 0.15) is 286 Å². The zero-order chi connectivity index (χ0) is 75.7. The van der Waals surface area contributed by atoms with Crippen LogP contribution in [0.3, 0.4) is 0 Å². The molecule has 18 unspecified atom stereocenters. The molecule has 0 amide bonds. The fourth-order valence-electron chi connectivity index (χ4n) is 24.7. The Morgan fingerprint density at radius 3 is 0.725 bits per heavy atom. The molecular weight excluding hydrogens is 1660 g/mol. The Hall–Kier alpha value is 5.99. The summed E-state index contributed by atoms with van der Waals surface area (Å²) in [6.45, 7) is 47.8. The van der Waals surface area contributed by atoms with Crippen LogP contribution < -0.4 is 0 Å². The number of hydrogen-bond donors (Lipinski definition) is 8. The average Bonchev–Trinajstić information content (AvgIpc) is 1.12. The molecule has 0 heterocycles. The van der Waals surface area contributed by atoms with Crippen molar-refractivity contribution in [1.82, 2.24) is 0 Å². The van der Waals surface area contributed by atoms with E-state index in [4.69, 9.17) is 146 Å². The highest BCUT2D eigenvalue weighted by Gasteiger charge is 2.99. The Balaban J connectivity index is 1.98. The lowest BCUT2D eigenvalue weighted by molar-refractivity contribution is 0.0325. The van der Waals surface area contributed by atoms with Gasteiger partial charge in [0.05, 0.1) is 17.5 Å².